The molecule has 0 aliphatic heterocycles. The van der Waals surface area contributed by atoms with E-state index in [2.05, 4.69) is 0 Å². The van der Waals surface area contributed by atoms with Crippen molar-refractivity contribution < 1.29 is 29.4 Å². The molecule has 0 aromatic heterocycles. The Balaban J connectivity index is 1.63. The Morgan fingerprint density at radius 1 is 0.500 bits per heavy atom. The molecule has 0 aliphatic rings. The zero-order valence-corrected chi connectivity index (χ0v) is 26.3. The van der Waals surface area contributed by atoms with E-state index < -0.39 is 11.9 Å². The van der Waals surface area contributed by atoms with Gasteiger partial charge in [0.05, 0.1) is 11.1 Å². The van der Waals surface area contributed by atoms with Crippen molar-refractivity contribution in [3.63, 3.8) is 0 Å². The molecule has 6 nitrogen and oxygen atoms in total. The van der Waals surface area contributed by atoms with Crippen LogP contribution in [0.1, 0.15) is 65.9 Å². The molecule has 7 aromatic rings. The van der Waals surface area contributed by atoms with Gasteiger partial charge in [-0.05, 0) is 103 Å². The van der Waals surface area contributed by atoms with Crippen LogP contribution in [0.25, 0.3) is 54.2 Å². The van der Waals surface area contributed by atoms with Crippen LogP contribution >= 0.6 is 0 Å². The van der Waals surface area contributed by atoms with Crippen LogP contribution in [-0.2, 0) is 6.42 Å². The molecule has 48 heavy (non-hydrogen) atoms. The quantitative estimate of drug-likeness (QED) is 0.128. The maximum atomic E-state index is 13.9. The van der Waals surface area contributed by atoms with Gasteiger partial charge in [0.25, 0.3) is 0 Å². The van der Waals surface area contributed by atoms with Gasteiger partial charge in [0.15, 0.2) is 11.6 Å². The molecule has 7 rings (SSSR count). The molecule has 0 saturated heterocycles. The average molecular weight is 631 g/mol. The van der Waals surface area contributed by atoms with E-state index in [4.69, 9.17) is 0 Å². The Morgan fingerprint density at radius 3 is 1.42 bits per heavy atom. The van der Waals surface area contributed by atoms with Gasteiger partial charge < -0.3 is 10.2 Å². The van der Waals surface area contributed by atoms with Crippen molar-refractivity contribution in [2.45, 2.75) is 26.7 Å². The van der Waals surface area contributed by atoms with Gasteiger partial charge in [-0.2, -0.15) is 0 Å². The molecule has 7 aromatic carbocycles. The summed E-state index contributed by atoms with van der Waals surface area (Å²) in [4.78, 5) is 52.0. The fourth-order valence-corrected chi connectivity index (χ4v) is 6.76. The molecular formula is C42H30O6. The Kier molecular flexibility index (Phi) is 7.56. The number of rotatable bonds is 8. The molecule has 234 valence electrons. The lowest BCUT2D eigenvalue weighted by Crippen LogP contribution is -2.11. The van der Waals surface area contributed by atoms with E-state index in [1.165, 1.54) is 0 Å². The predicted octanol–water partition coefficient (Wildman–Crippen LogP) is 9.69. The van der Waals surface area contributed by atoms with Crippen molar-refractivity contribution in [2.75, 3.05) is 0 Å². The first kappa shape index (κ1) is 30.5. The highest BCUT2D eigenvalue weighted by Crippen LogP contribution is 2.45. The summed E-state index contributed by atoms with van der Waals surface area (Å²) in [5, 5.41) is 26.5. The highest BCUT2D eigenvalue weighted by atomic mass is 16.4. The van der Waals surface area contributed by atoms with Crippen LogP contribution in [0.2, 0.25) is 0 Å². The number of ketones is 2. The Hall–Kier alpha value is -6.14. The maximum Gasteiger partial charge on any atom is 0.336 e. The highest BCUT2D eigenvalue weighted by molar-refractivity contribution is 6.26. The van der Waals surface area contributed by atoms with Crippen molar-refractivity contribution in [1.82, 2.24) is 0 Å². The van der Waals surface area contributed by atoms with Crippen molar-refractivity contribution in [1.29, 1.82) is 0 Å². The first-order valence-corrected chi connectivity index (χ1v) is 15.7. The third-order valence-corrected chi connectivity index (χ3v) is 9.12. The number of hydrogen-bond acceptors (Lipinski definition) is 4. The van der Waals surface area contributed by atoms with E-state index in [-0.39, 0.29) is 46.7 Å². The van der Waals surface area contributed by atoms with Crippen LogP contribution in [0.4, 0.5) is 0 Å². The van der Waals surface area contributed by atoms with Crippen LogP contribution in [0.3, 0.4) is 0 Å². The second kappa shape index (κ2) is 11.9. The van der Waals surface area contributed by atoms with Gasteiger partial charge in [-0.1, -0.05) is 85.3 Å². The summed E-state index contributed by atoms with van der Waals surface area (Å²) in [5.41, 5.74) is 3.46. The van der Waals surface area contributed by atoms with Crippen molar-refractivity contribution in [3.8, 4) is 11.1 Å². The van der Waals surface area contributed by atoms with Gasteiger partial charge in [0.1, 0.15) is 0 Å². The molecule has 0 unspecified atom stereocenters. The zero-order chi connectivity index (χ0) is 33.7. The van der Waals surface area contributed by atoms with Gasteiger partial charge in [0, 0.05) is 24.0 Å². The minimum Gasteiger partial charge on any atom is -0.478 e. The third-order valence-electron chi connectivity index (χ3n) is 9.12. The number of aryl methyl sites for hydroxylation is 1. The standard InChI is InChI=1S/C42H30O6/c1-3-37(43)33-21-31-27(19-35(33)41(45)46)17-25-8-4-6-10-29(25)39(31)40-30-11-7-5-9-26(30)18-28-20-36(42(47)48)34(22-32(28)40)38(44)16-24-14-12-23(2)13-15-24/h4-15,17-22H,3,16H2,1-2H3,(H,45,46)(H,47,48). The van der Waals surface area contributed by atoms with E-state index in [1.807, 2.05) is 91.9 Å². The van der Waals surface area contributed by atoms with Gasteiger partial charge >= 0.3 is 11.9 Å². The average Bonchev–Trinajstić information content (AvgIpc) is 3.09. The lowest BCUT2D eigenvalue weighted by atomic mass is 9.83. The first-order valence-electron chi connectivity index (χ1n) is 15.7. The lowest BCUT2D eigenvalue weighted by Gasteiger charge is -2.19. The third kappa shape index (κ3) is 5.17. The molecule has 6 heteroatoms. The second-order valence-corrected chi connectivity index (χ2v) is 12.2. The summed E-state index contributed by atoms with van der Waals surface area (Å²) in [7, 11) is 0. The molecule has 0 aliphatic carbocycles. The number of fused-ring (bicyclic) bond motifs is 4. The maximum absolute atomic E-state index is 13.9. The monoisotopic (exact) mass is 630 g/mol. The van der Waals surface area contributed by atoms with Crippen LogP contribution in [0.15, 0.2) is 109 Å². The van der Waals surface area contributed by atoms with Crippen molar-refractivity contribution >= 4 is 66.6 Å². The minimum absolute atomic E-state index is 0.0344. The van der Waals surface area contributed by atoms with E-state index in [9.17, 15) is 29.4 Å². The Labute approximate surface area is 275 Å². The van der Waals surface area contributed by atoms with Gasteiger partial charge in [0.2, 0.25) is 0 Å². The van der Waals surface area contributed by atoms with Crippen LogP contribution in [-0.4, -0.2) is 33.7 Å². The number of benzene rings is 7. The molecule has 0 fully saturated rings. The number of hydrogen-bond donors (Lipinski definition) is 2. The van der Waals surface area contributed by atoms with Gasteiger partial charge in [-0.3, -0.25) is 9.59 Å². The van der Waals surface area contributed by atoms with Crippen LogP contribution < -0.4 is 0 Å². The largest absolute Gasteiger partial charge is 0.478 e. The van der Waals surface area contributed by atoms with E-state index in [0.717, 1.165) is 43.8 Å². The fraction of sp³-hybridized carbons (Fsp3) is 0.0952. The summed E-state index contributed by atoms with van der Waals surface area (Å²) >= 11 is 0. The second-order valence-electron chi connectivity index (χ2n) is 12.2. The van der Waals surface area contributed by atoms with Gasteiger partial charge in [-0.25, -0.2) is 9.59 Å². The molecule has 0 spiro atoms. The van der Waals surface area contributed by atoms with Gasteiger partial charge in [-0.15, -0.1) is 0 Å². The van der Waals surface area contributed by atoms with Crippen molar-refractivity contribution in [2.24, 2.45) is 0 Å². The topological polar surface area (TPSA) is 109 Å². The predicted molar refractivity (Wildman–Crippen MR) is 190 cm³/mol. The lowest BCUT2D eigenvalue weighted by molar-refractivity contribution is 0.0683. The number of carbonyl (C=O) groups excluding carboxylic acids is 2. The normalized spacial score (nSPS) is 11.4. The summed E-state index contributed by atoms with van der Waals surface area (Å²) in [6.45, 7) is 3.66. The van der Waals surface area contributed by atoms with Crippen LogP contribution in [0.5, 0.6) is 0 Å². The zero-order valence-electron chi connectivity index (χ0n) is 26.3. The number of aromatic carboxylic acids is 2. The fourth-order valence-electron chi connectivity index (χ4n) is 6.76. The summed E-state index contributed by atoms with van der Waals surface area (Å²) < 4.78 is 0. The first-order chi connectivity index (χ1) is 23.1. The highest BCUT2D eigenvalue weighted by Gasteiger charge is 2.24. The smallest absolute Gasteiger partial charge is 0.336 e. The summed E-state index contributed by atoms with van der Waals surface area (Å²) in [5.74, 6) is -2.98. The molecule has 0 heterocycles. The number of carboxylic acids is 2. The van der Waals surface area contributed by atoms with E-state index >= 15 is 0 Å². The molecular weight excluding hydrogens is 600 g/mol. The summed E-state index contributed by atoms with van der Waals surface area (Å²) in [6.07, 6.45) is 0.170. The van der Waals surface area contributed by atoms with Crippen molar-refractivity contribution in [3.05, 3.63) is 143 Å². The number of Topliss-reactive ketones (excluding diaryl/α,β-unsaturated/α-hetero) is 2. The SMILES string of the molecule is CCC(=O)c1cc2c(-c3c4ccccc4cc4cc(C(=O)O)c(C(=O)Cc5ccc(C)cc5)cc34)c3ccccc3cc2cc1C(=O)O. The molecule has 0 radical (unpaired) electrons. The number of carboxylic acid groups (broad SMARTS) is 2. The van der Waals surface area contributed by atoms with E-state index in [1.54, 1.807) is 31.2 Å². The molecule has 0 saturated carbocycles. The molecule has 0 bridgehead atoms. The minimum atomic E-state index is -1.20. The van der Waals surface area contributed by atoms with Crippen LogP contribution in [0, 0.1) is 6.92 Å². The molecule has 0 atom stereocenters. The Morgan fingerprint density at radius 2 is 0.958 bits per heavy atom. The summed E-state index contributed by atoms with van der Waals surface area (Å²) in [6, 6.07) is 33.5. The van der Waals surface area contributed by atoms with E-state index in [0.29, 0.717) is 21.5 Å². The molecule has 2 N–H and O–H groups in total. The Bertz CT molecular complexity index is 2510. The number of carbonyl (C=O) groups is 4. The molecule has 0 amide bonds.